The third-order valence-electron chi connectivity index (χ3n) is 2.51. The molecule has 19 heavy (non-hydrogen) atoms. The summed E-state index contributed by atoms with van der Waals surface area (Å²) >= 11 is 5.76. The van der Waals surface area contributed by atoms with Gasteiger partial charge in [0.05, 0.1) is 6.61 Å². The number of aromatic nitrogens is 1. The van der Waals surface area contributed by atoms with Gasteiger partial charge in [-0.25, -0.2) is 4.79 Å². The number of carboxylic acids is 1. The molecule has 0 saturated heterocycles. The van der Waals surface area contributed by atoms with Crippen molar-refractivity contribution in [3.8, 4) is 5.75 Å². The van der Waals surface area contributed by atoms with Crippen molar-refractivity contribution in [1.29, 1.82) is 0 Å². The molecule has 1 heterocycles. The molecule has 0 saturated carbocycles. The molecule has 1 aromatic carbocycles. The normalized spacial score (nSPS) is 10.2. The van der Waals surface area contributed by atoms with Crippen LogP contribution in [0.1, 0.15) is 16.1 Å². The molecule has 0 spiro atoms. The molecule has 0 unspecified atom stereocenters. The highest BCUT2D eigenvalue weighted by atomic mass is 35.5. The molecule has 2 rings (SSSR count). The SMILES string of the molecule is O=C(O)c1cc(Cl)ccc1OCCc1ccccn1. The van der Waals surface area contributed by atoms with Gasteiger partial charge < -0.3 is 9.84 Å². The van der Waals surface area contributed by atoms with E-state index < -0.39 is 5.97 Å². The number of aromatic carboxylic acids is 1. The minimum atomic E-state index is -1.06. The minimum absolute atomic E-state index is 0.0634. The highest BCUT2D eigenvalue weighted by Gasteiger charge is 2.11. The van der Waals surface area contributed by atoms with Crippen molar-refractivity contribution in [1.82, 2.24) is 4.98 Å². The van der Waals surface area contributed by atoms with Crippen LogP contribution in [0.25, 0.3) is 0 Å². The predicted octanol–water partition coefficient (Wildman–Crippen LogP) is 3.05. The summed E-state index contributed by atoms with van der Waals surface area (Å²) in [6.45, 7) is 0.360. The van der Waals surface area contributed by atoms with E-state index in [1.165, 1.54) is 6.07 Å². The lowest BCUT2D eigenvalue weighted by molar-refractivity contribution is 0.0692. The van der Waals surface area contributed by atoms with Crippen molar-refractivity contribution >= 4 is 17.6 Å². The third kappa shape index (κ3) is 3.69. The first-order valence-electron chi connectivity index (χ1n) is 5.72. The second-order valence-electron chi connectivity index (χ2n) is 3.87. The van der Waals surface area contributed by atoms with Crippen LogP contribution >= 0.6 is 11.6 Å². The van der Waals surface area contributed by atoms with Gasteiger partial charge in [0.1, 0.15) is 11.3 Å². The van der Waals surface area contributed by atoms with Gasteiger partial charge in [0, 0.05) is 23.3 Å². The molecule has 0 aliphatic carbocycles. The zero-order chi connectivity index (χ0) is 13.7. The van der Waals surface area contributed by atoms with Gasteiger partial charge in [0.15, 0.2) is 0 Å². The van der Waals surface area contributed by atoms with Crippen LogP contribution in [0.3, 0.4) is 0 Å². The smallest absolute Gasteiger partial charge is 0.339 e. The van der Waals surface area contributed by atoms with Gasteiger partial charge in [-0.2, -0.15) is 0 Å². The maximum atomic E-state index is 11.1. The molecular formula is C14H12ClNO3. The fourth-order valence-electron chi connectivity index (χ4n) is 1.61. The second kappa shape index (κ2) is 6.20. The fourth-order valence-corrected chi connectivity index (χ4v) is 1.78. The summed E-state index contributed by atoms with van der Waals surface area (Å²) in [6.07, 6.45) is 2.32. The number of nitrogens with zero attached hydrogens (tertiary/aromatic N) is 1. The van der Waals surface area contributed by atoms with Crippen LogP contribution in [0, 0.1) is 0 Å². The Morgan fingerprint density at radius 2 is 2.16 bits per heavy atom. The lowest BCUT2D eigenvalue weighted by Gasteiger charge is -2.09. The number of rotatable bonds is 5. The number of carboxylic acid groups (broad SMARTS) is 1. The number of pyridine rings is 1. The first-order chi connectivity index (χ1) is 9.16. The number of benzene rings is 1. The van der Waals surface area contributed by atoms with E-state index in [1.807, 2.05) is 18.2 Å². The summed E-state index contributed by atoms with van der Waals surface area (Å²) < 4.78 is 5.48. The van der Waals surface area contributed by atoms with E-state index in [0.29, 0.717) is 23.8 Å². The first-order valence-corrected chi connectivity index (χ1v) is 6.10. The molecule has 0 radical (unpaired) electrons. The van der Waals surface area contributed by atoms with E-state index in [9.17, 15) is 4.79 Å². The second-order valence-corrected chi connectivity index (χ2v) is 4.30. The Morgan fingerprint density at radius 1 is 1.32 bits per heavy atom. The summed E-state index contributed by atoms with van der Waals surface area (Å²) in [6, 6.07) is 10.2. The van der Waals surface area contributed by atoms with E-state index >= 15 is 0 Å². The molecule has 0 amide bonds. The molecule has 98 valence electrons. The van der Waals surface area contributed by atoms with E-state index in [2.05, 4.69) is 4.98 Å². The molecule has 0 fully saturated rings. The molecule has 2 aromatic rings. The van der Waals surface area contributed by atoms with Gasteiger partial charge >= 0.3 is 5.97 Å². The Hall–Kier alpha value is -2.07. The predicted molar refractivity (Wildman–Crippen MR) is 71.8 cm³/mol. The van der Waals surface area contributed by atoms with Crippen LogP contribution < -0.4 is 4.74 Å². The molecule has 5 heteroatoms. The first kappa shape index (κ1) is 13.4. The summed E-state index contributed by atoms with van der Waals surface area (Å²) in [7, 11) is 0. The van der Waals surface area contributed by atoms with Crippen molar-refractivity contribution in [3.05, 3.63) is 58.9 Å². The molecule has 0 atom stereocenters. The largest absolute Gasteiger partial charge is 0.492 e. The summed E-state index contributed by atoms with van der Waals surface area (Å²) in [4.78, 5) is 15.2. The quantitative estimate of drug-likeness (QED) is 0.912. The van der Waals surface area contributed by atoms with E-state index in [-0.39, 0.29) is 5.56 Å². The highest BCUT2D eigenvalue weighted by Crippen LogP contribution is 2.23. The minimum Gasteiger partial charge on any atom is -0.492 e. The number of carbonyl (C=O) groups is 1. The standard InChI is InChI=1S/C14H12ClNO3/c15-10-4-5-13(12(9-10)14(17)18)19-8-6-11-3-1-2-7-16-11/h1-5,7,9H,6,8H2,(H,17,18). The lowest BCUT2D eigenvalue weighted by atomic mass is 10.2. The molecule has 4 nitrogen and oxygen atoms in total. The Kier molecular flexibility index (Phi) is 4.36. The van der Waals surface area contributed by atoms with Crippen molar-refractivity contribution < 1.29 is 14.6 Å². The Bertz CT molecular complexity index is 572. The van der Waals surface area contributed by atoms with Gasteiger partial charge in [0.2, 0.25) is 0 Å². The molecule has 0 aliphatic rings. The lowest BCUT2D eigenvalue weighted by Crippen LogP contribution is -2.07. The molecule has 1 aromatic heterocycles. The fraction of sp³-hybridized carbons (Fsp3) is 0.143. The molecule has 0 bridgehead atoms. The Labute approximate surface area is 115 Å². The number of ether oxygens (including phenoxy) is 1. The van der Waals surface area contributed by atoms with Crippen LogP contribution in [0.2, 0.25) is 5.02 Å². The zero-order valence-electron chi connectivity index (χ0n) is 10.0. The van der Waals surface area contributed by atoms with Crippen LogP contribution in [0.4, 0.5) is 0 Å². The number of hydrogen-bond donors (Lipinski definition) is 1. The van der Waals surface area contributed by atoms with Gasteiger partial charge in [-0.05, 0) is 30.3 Å². The number of halogens is 1. The van der Waals surface area contributed by atoms with Crippen LogP contribution in [0.15, 0.2) is 42.6 Å². The van der Waals surface area contributed by atoms with Crippen molar-refractivity contribution in [3.63, 3.8) is 0 Å². The molecule has 0 aliphatic heterocycles. The average Bonchev–Trinajstić information content (AvgIpc) is 2.41. The van der Waals surface area contributed by atoms with Crippen molar-refractivity contribution in [2.24, 2.45) is 0 Å². The van der Waals surface area contributed by atoms with E-state index in [4.69, 9.17) is 21.4 Å². The molecule has 1 N–H and O–H groups in total. The Morgan fingerprint density at radius 3 is 2.84 bits per heavy atom. The number of hydrogen-bond acceptors (Lipinski definition) is 3. The third-order valence-corrected chi connectivity index (χ3v) is 2.75. The topological polar surface area (TPSA) is 59.4 Å². The highest BCUT2D eigenvalue weighted by molar-refractivity contribution is 6.31. The van der Waals surface area contributed by atoms with Crippen molar-refractivity contribution in [2.75, 3.05) is 6.61 Å². The summed E-state index contributed by atoms with van der Waals surface area (Å²) in [5.74, 6) is -0.747. The zero-order valence-corrected chi connectivity index (χ0v) is 10.8. The van der Waals surface area contributed by atoms with Gasteiger partial charge in [-0.15, -0.1) is 0 Å². The average molecular weight is 278 g/mol. The van der Waals surface area contributed by atoms with E-state index in [0.717, 1.165) is 5.69 Å². The van der Waals surface area contributed by atoms with Crippen LogP contribution in [0.5, 0.6) is 5.75 Å². The maximum Gasteiger partial charge on any atom is 0.339 e. The van der Waals surface area contributed by atoms with Crippen LogP contribution in [-0.4, -0.2) is 22.7 Å². The maximum absolute atomic E-state index is 11.1. The van der Waals surface area contributed by atoms with Crippen LogP contribution in [-0.2, 0) is 6.42 Å². The van der Waals surface area contributed by atoms with Crippen molar-refractivity contribution in [2.45, 2.75) is 6.42 Å². The summed E-state index contributed by atoms with van der Waals surface area (Å²) in [5, 5.41) is 9.43. The monoisotopic (exact) mass is 277 g/mol. The van der Waals surface area contributed by atoms with Gasteiger partial charge in [-0.1, -0.05) is 17.7 Å². The van der Waals surface area contributed by atoms with Gasteiger partial charge in [0.25, 0.3) is 0 Å². The summed E-state index contributed by atoms with van der Waals surface area (Å²) in [5.41, 5.74) is 0.960. The van der Waals surface area contributed by atoms with E-state index in [1.54, 1.807) is 18.3 Å². The molecular weight excluding hydrogens is 266 g/mol. The van der Waals surface area contributed by atoms with Gasteiger partial charge in [-0.3, -0.25) is 4.98 Å². The Balaban J connectivity index is 2.02.